The van der Waals surface area contributed by atoms with E-state index in [1.165, 1.54) is 36.1 Å². The van der Waals surface area contributed by atoms with E-state index in [9.17, 15) is 13.2 Å². The minimum absolute atomic E-state index is 0.0807. The summed E-state index contributed by atoms with van der Waals surface area (Å²) in [5, 5.41) is 0. The summed E-state index contributed by atoms with van der Waals surface area (Å²) in [6.07, 6.45) is 0. The highest BCUT2D eigenvalue weighted by Crippen LogP contribution is 2.10. The molecule has 7 heteroatoms. The average Bonchev–Trinajstić information content (AvgIpc) is 2.48. The van der Waals surface area contributed by atoms with Crippen molar-refractivity contribution in [2.75, 3.05) is 39.4 Å². The number of hydrogen-bond acceptors (Lipinski definition) is 4. The monoisotopic (exact) mass is 313 g/mol. The Labute approximate surface area is 125 Å². The number of carbonyl (C=O) groups excluding carboxylic acids is 1. The first-order chi connectivity index (χ1) is 9.99. The third-order valence-electron chi connectivity index (χ3n) is 3.54. The first-order valence-corrected chi connectivity index (χ1v) is 8.49. The van der Waals surface area contributed by atoms with Crippen molar-refractivity contribution in [1.82, 2.24) is 4.72 Å². The minimum atomic E-state index is -3.51. The van der Waals surface area contributed by atoms with Crippen LogP contribution in [0.4, 0.5) is 0 Å². The van der Waals surface area contributed by atoms with Crippen LogP contribution in [-0.2, 0) is 14.8 Å². The summed E-state index contributed by atoms with van der Waals surface area (Å²) in [6.45, 7) is 5.88. The molecule has 1 fully saturated rings. The average molecular weight is 313 g/mol. The summed E-state index contributed by atoms with van der Waals surface area (Å²) in [4.78, 5) is 12.7. The molecule has 1 aliphatic heterocycles. The van der Waals surface area contributed by atoms with Gasteiger partial charge in [-0.25, -0.2) is 13.1 Å². The van der Waals surface area contributed by atoms with Crippen LogP contribution in [0.2, 0.25) is 0 Å². The Morgan fingerprint density at radius 2 is 1.86 bits per heavy atom. The highest BCUT2D eigenvalue weighted by molar-refractivity contribution is 7.89. The summed E-state index contributed by atoms with van der Waals surface area (Å²) in [5.74, 6) is -0.0807. The van der Waals surface area contributed by atoms with Crippen LogP contribution in [0.3, 0.4) is 0 Å². The van der Waals surface area contributed by atoms with Crippen LogP contribution in [0.1, 0.15) is 17.3 Å². The molecular weight excluding hydrogens is 292 g/mol. The lowest BCUT2D eigenvalue weighted by atomic mass is 10.2. The van der Waals surface area contributed by atoms with Crippen molar-refractivity contribution in [2.24, 2.45) is 0 Å². The van der Waals surface area contributed by atoms with E-state index in [-0.39, 0.29) is 10.7 Å². The number of ether oxygens (including phenoxy) is 1. The Morgan fingerprint density at radius 3 is 2.43 bits per heavy atom. The number of hydrogen-bond donors (Lipinski definition) is 2. The van der Waals surface area contributed by atoms with Gasteiger partial charge in [-0.2, -0.15) is 0 Å². The molecule has 0 radical (unpaired) electrons. The zero-order valence-corrected chi connectivity index (χ0v) is 12.9. The number of rotatable bonds is 6. The molecule has 0 spiro atoms. The maximum atomic E-state index is 12.1. The van der Waals surface area contributed by atoms with Crippen molar-refractivity contribution < 1.29 is 22.8 Å². The molecule has 0 aromatic heterocycles. The maximum absolute atomic E-state index is 12.1. The van der Waals surface area contributed by atoms with Crippen molar-refractivity contribution in [1.29, 1.82) is 0 Å². The quantitative estimate of drug-likeness (QED) is 0.666. The van der Waals surface area contributed by atoms with Gasteiger partial charge in [-0.3, -0.25) is 4.79 Å². The van der Waals surface area contributed by atoms with E-state index in [1.54, 1.807) is 0 Å². The smallest absolute Gasteiger partial charge is 0.240 e. The molecule has 1 aromatic carbocycles. The second-order valence-corrected chi connectivity index (χ2v) is 6.86. The van der Waals surface area contributed by atoms with Crippen molar-refractivity contribution in [3.05, 3.63) is 29.8 Å². The molecule has 0 atom stereocenters. The molecule has 1 aliphatic rings. The molecule has 0 aliphatic carbocycles. The fourth-order valence-electron chi connectivity index (χ4n) is 2.22. The first kappa shape index (κ1) is 16.1. The van der Waals surface area contributed by atoms with Crippen LogP contribution < -0.4 is 9.62 Å². The van der Waals surface area contributed by atoms with E-state index in [0.29, 0.717) is 12.1 Å². The third-order valence-corrected chi connectivity index (χ3v) is 5.02. The van der Waals surface area contributed by atoms with E-state index in [4.69, 9.17) is 4.74 Å². The van der Waals surface area contributed by atoms with Crippen molar-refractivity contribution in [2.45, 2.75) is 11.8 Å². The van der Waals surface area contributed by atoms with Crippen molar-refractivity contribution in [3.8, 4) is 0 Å². The Balaban J connectivity index is 1.90. The number of Topliss-reactive ketones (excluding diaryl/α,β-unsaturated/α-hetero) is 1. The number of sulfonamides is 1. The molecule has 21 heavy (non-hydrogen) atoms. The standard InChI is InChI=1S/C14H20N2O4S/c1-12(17)13-2-4-14(5-3-13)21(18,19)15-6-7-16-8-10-20-11-9-16/h2-5,15H,6-11H2,1H3/p+1. The molecule has 1 heterocycles. The van der Waals surface area contributed by atoms with E-state index >= 15 is 0 Å². The van der Waals surface area contributed by atoms with E-state index in [1.807, 2.05) is 0 Å². The van der Waals surface area contributed by atoms with Crippen LogP contribution in [0.25, 0.3) is 0 Å². The van der Waals surface area contributed by atoms with Gasteiger partial charge in [0.25, 0.3) is 0 Å². The summed E-state index contributed by atoms with van der Waals surface area (Å²) in [5.41, 5.74) is 0.506. The lowest BCUT2D eigenvalue weighted by Crippen LogP contribution is -3.14. The van der Waals surface area contributed by atoms with Crippen molar-refractivity contribution in [3.63, 3.8) is 0 Å². The molecule has 0 amide bonds. The first-order valence-electron chi connectivity index (χ1n) is 7.01. The number of nitrogens with one attached hydrogen (secondary N) is 2. The van der Waals surface area contributed by atoms with Gasteiger partial charge in [-0.15, -0.1) is 0 Å². The fourth-order valence-corrected chi connectivity index (χ4v) is 3.26. The van der Waals surface area contributed by atoms with Gasteiger partial charge in [-0.05, 0) is 19.1 Å². The predicted molar refractivity (Wildman–Crippen MR) is 78.0 cm³/mol. The molecule has 1 aromatic rings. The van der Waals surface area contributed by atoms with Crippen LogP contribution in [-0.4, -0.2) is 53.6 Å². The molecule has 1 saturated heterocycles. The van der Waals surface area contributed by atoms with Crippen LogP contribution in [0, 0.1) is 0 Å². The van der Waals surface area contributed by atoms with Gasteiger partial charge < -0.3 is 9.64 Å². The number of carbonyl (C=O) groups is 1. The molecule has 0 unspecified atom stereocenters. The van der Waals surface area contributed by atoms with Crippen LogP contribution in [0.15, 0.2) is 29.2 Å². The number of ketones is 1. The Kier molecular flexibility index (Phi) is 5.46. The summed E-state index contributed by atoms with van der Waals surface area (Å²) in [6, 6.07) is 5.98. The van der Waals surface area contributed by atoms with E-state index in [0.717, 1.165) is 32.8 Å². The van der Waals surface area contributed by atoms with Crippen LogP contribution >= 0.6 is 0 Å². The zero-order chi connectivity index (χ0) is 15.3. The number of benzene rings is 1. The zero-order valence-electron chi connectivity index (χ0n) is 12.1. The van der Waals surface area contributed by atoms with Gasteiger partial charge in [0.1, 0.15) is 13.1 Å². The molecule has 6 nitrogen and oxygen atoms in total. The molecule has 116 valence electrons. The van der Waals surface area contributed by atoms with E-state index < -0.39 is 10.0 Å². The lowest BCUT2D eigenvalue weighted by Gasteiger charge is -2.23. The second-order valence-electron chi connectivity index (χ2n) is 5.09. The van der Waals surface area contributed by atoms with Gasteiger partial charge in [0, 0.05) is 5.56 Å². The highest BCUT2D eigenvalue weighted by atomic mass is 32.2. The molecule has 2 N–H and O–H groups in total. The Bertz CT molecular complexity index is 577. The fraction of sp³-hybridized carbons (Fsp3) is 0.500. The third kappa shape index (κ3) is 4.60. The van der Waals surface area contributed by atoms with Gasteiger partial charge >= 0.3 is 0 Å². The van der Waals surface area contributed by atoms with Crippen molar-refractivity contribution >= 4 is 15.8 Å². The number of morpholine rings is 1. The van der Waals surface area contributed by atoms with E-state index in [2.05, 4.69) is 4.72 Å². The summed E-state index contributed by atoms with van der Waals surface area (Å²) < 4.78 is 32.1. The topological polar surface area (TPSA) is 76.9 Å². The van der Waals surface area contributed by atoms with Gasteiger partial charge in [0.15, 0.2) is 5.78 Å². The Hall–Kier alpha value is -1.28. The number of quaternary nitrogens is 1. The van der Waals surface area contributed by atoms with Gasteiger partial charge in [-0.1, -0.05) is 12.1 Å². The highest BCUT2D eigenvalue weighted by Gasteiger charge is 2.17. The maximum Gasteiger partial charge on any atom is 0.240 e. The molecule has 0 bridgehead atoms. The molecular formula is C14H21N2O4S+. The summed E-state index contributed by atoms with van der Waals surface area (Å²) >= 11 is 0. The van der Waals surface area contributed by atoms with Gasteiger partial charge in [0.05, 0.1) is 31.2 Å². The SMILES string of the molecule is CC(=O)c1ccc(S(=O)(=O)NCC[NH+]2CCOCC2)cc1. The largest absolute Gasteiger partial charge is 0.370 e. The lowest BCUT2D eigenvalue weighted by molar-refractivity contribution is -0.906. The predicted octanol–water partition coefficient (Wildman–Crippen LogP) is -0.917. The normalized spacial score (nSPS) is 16.8. The summed E-state index contributed by atoms with van der Waals surface area (Å²) in [7, 11) is -3.51. The molecule has 0 saturated carbocycles. The van der Waals surface area contributed by atoms with Gasteiger partial charge in [0.2, 0.25) is 10.0 Å². The van der Waals surface area contributed by atoms with Crippen LogP contribution in [0.5, 0.6) is 0 Å². The minimum Gasteiger partial charge on any atom is -0.370 e. The second kappa shape index (κ2) is 7.13. The molecule has 2 rings (SSSR count). The Morgan fingerprint density at radius 1 is 1.24 bits per heavy atom.